The van der Waals surface area contributed by atoms with Gasteiger partial charge in [0, 0.05) is 30.8 Å². The lowest BCUT2D eigenvalue weighted by atomic mass is 9.78. The molecule has 1 aromatic carbocycles. The van der Waals surface area contributed by atoms with Gasteiger partial charge < -0.3 is 10.2 Å². The Morgan fingerprint density at radius 2 is 1.92 bits per heavy atom. The molecular formula is C21H30N2O2. The molecule has 1 N–H and O–H groups in total. The summed E-state index contributed by atoms with van der Waals surface area (Å²) in [5.74, 6) is 0.595. The number of Topliss-reactive ketones (excluding diaryl/α,β-unsaturated/α-hetero) is 1. The molecule has 1 unspecified atom stereocenters. The van der Waals surface area contributed by atoms with Crippen LogP contribution in [0.2, 0.25) is 0 Å². The van der Waals surface area contributed by atoms with Crippen LogP contribution in [0.25, 0.3) is 0 Å². The van der Waals surface area contributed by atoms with Gasteiger partial charge in [0.05, 0.1) is 0 Å². The number of rotatable bonds is 5. The molecule has 0 radical (unpaired) electrons. The predicted molar refractivity (Wildman–Crippen MR) is 99.3 cm³/mol. The van der Waals surface area contributed by atoms with E-state index in [1.54, 1.807) is 0 Å². The number of amides is 1. The van der Waals surface area contributed by atoms with E-state index in [9.17, 15) is 9.59 Å². The molecular weight excluding hydrogens is 312 g/mol. The average molecular weight is 342 g/mol. The molecule has 2 aliphatic heterocycles. The van der Waals surface area contributed by atoms with E-state index < -0.39 is 0 Å². The highest BCUT2D eigenvalue weighted by Crippen LogP contribution is 2.32. The van der Waals surface area contributed by atoms with E-state index in [1.165, 1.54) is 5.56 Å². The largest absolute Gasteiger partial charge is 0.342 e. The van der Waals surface area contributed by atoms with Crippen LogP contribution in [0.15, 0.2) is 30.3 Å². The first-order chi connectivity index (χ1) is 12.1. The van der Waals surface area contributed by atoms with E-state index in [0.29, 0.717) is 18.7 Å². The second-order valence-electron chi connectivity index (χ2n) is 7.85. The molecule has 4 nitrogen and oxygen atoms in total. The standard InChI is InChI=1S/C21H30N2O2/c1-21(11-13-22-14-12-21)20(25)23-15-5-8-18(16-23)19(24)10-9-17-6-3-2-4-7-17/h2-4,6-7,18,22H,5,8-16H2,1H3. The van der Waals surface area contributed by atoms with Crippen molar-refractivity contribution >= 4 is 11.7 Å². The molecule has 2 saturated heterocycles. The number of hydrogen-bond acceptors (Lipinski definition) is 3. The van der Waals surface area contributed by atoms with Gasteiger partial charge in [-0.3, -0.25) is 9.59 Å². The van der Waals surface area contributed by atoms with Crippen LogP contribution in [-0.4, -0.2) is 42.8 Å². The first-order valence-corrected chi connectivity index (χ1v) is 9.65. The van der Waals surface area contributed by atoms with Crippen molar-refractivity contribution in [1.29, 1.82) is 0 Å². The first-order valence-electron chi connectivity index (χ1n) is 9.65. The third kappa shape index (κ3) is 4.49. The molecule has 136 valence electrons. The molecule has 0 aromatic heterocycles. The second-order valence-corrected chi connectivity index (χ2v) is 7.85. The summed E-state index contributed by atoms with van der Waals surface area (Å²) >= 11 is 0. The van der Waals surface area contributed by atoms with Crippen molar-refractivity contribution in [2.24, 2.45) is 11.3 Å². The third-order valence-corrected chi connectivity index (χ3v) is 5.89. The van der Waals surface area contributed by atoms with E-state index in [2.05, 4.69) is 24.4 Å². The summed E-state index contributed by atoms with van der Waals surface area (Å²) in [5, 5.41) is 3.33. The normalized spacial score (nSPS) is 23.2. The summed E-state index contributed by atoms with van der Waals surface area (Å²) in [6.45, 7) is 5.35. The number of carbonyl (C=O) groups is 2. The Hall–Kier alpha value is -1.68. The summed E-state index contributed by atoms with van der Waals surface area (Å²) in [6.07, 6.45) is 5.05. The minimum absolute atomic E-state index is 0.0201. The highest BCUT2D eigenvalue weighted by Gasteiger charge is 2.39. The van der Waals surface area contributed by atoms with E-state index in [-0.39, 0.29) is 17.2 Å². The molecule has 0 saturated carbocycles. The van der Waals surface area contributed by atoms with Crippen LogP contribution in [0, 0.1) is 11.3 Å². The van der Waals surface area contributed by atoms with E-state index in [4.69, 9.17) is 0 Å². The number of benzene rings is 1. The smallest absolute Gasteiger partial charge is 0.228 e. The van der Waals surface area contributed by atoms with Crippen LogP contribution in [0.1, 0.15) is 44.6 Å². The van der Waals surface area contributed by atoms with Gasteiger partial charge in [0.1, 0.15) is 5.78 Å². The highest BCUT2D eigenvalue weighted by molar-refractivity contribution is 5.85. The number of likely N-dealkylation sites (tertiary alicyclic amines) is 1. The lowest BCUT2D eigenvalue weighted by Gasteiger charge is -2.40. The maximum atomic E-state index is 13.0. The molecule has 2 aliphatic rings. The van der Waals surface area contributed by atoms with Crippen LogP contribution in [-0.2, 0) is 16.0 Å². The molecule has 1 atom stereocenters. The number of piperidine rings is 2. The molecule has 25 heavy (non-hydrogen) atoms. The van der Waals surface area contributed by atoms with E-state index in [0.717, 1.165) is 51.7 Å². The SMILES string of the molecule is CC1(C(=O)N2CCCC(C(=O)CCc3ccccc3)C2)CCNCC1. The van der Waals surface area contributed by atoms with Crippen LogP contribution >= 0.6 is 0 Å². The Labute approximate surface area is 151 Å². The monoisotopic (exact) mass is 342 g/mol. The van der Waals surface area contributed by atoms with Crippen molar-refractivity contribution in [2.75, 3.05) is 26.2 Å². The van der Waals surface area contributed by atoms with Crippen LogP contribution in [0.4, 0.5) is 0 Å². The third-order valence-electron chi connectivity index (χ3n) is 5.89. The zero-order valence-electron chi connectivity index (χ0n) is 15.3. The zero-order valence-corrected chi connectivity index (χ0v) is 15.3. The summed E-state index contributed by atoms with van der Waals surface area (Å²) in [5.41, 5.74) is 0.960. The first kappa shape index (κ1) is 18.1. The molecule has 4 heteroatoms. The predicted octanol–water partition coefficient (Wildman–Crippen LogP) is 2.82. The molecule has 2 fully saturated rings. The Bertz CT molecular complexity index is 593. The molecule has 1 amide bonds. The number of aryl methyl sites for hydroxylation is 1. The van der Waals surface area contributed by atoms with Crippen molar-refractivity contribution in [3.8, 4) is 0 Å². The molecule has 0 spiro atoms. The zero-order chi connectivity index (χ0) is 17.7. The number of nitrogens with one attached hydrogen (secondary N) is 1. The number of ketones is 1. The van der Waals surface area contributed by atoms with Crippen molar-refractivity contribution in [3.63, 3.8) is 0 Å². The summed E-state index contributed by atoms with van der Waals surface area (Å²) in [4.78, 5) is 27.6. The minimum Gasteiger partial charge on any atom is -0.342 e. The van der Waals surface area contributed by atoms with Gasteiger partial charge in [-0.1, -0.05) is 37.3 Å². The lowest BCUT2D eigenvalue weighted by Crippen LogP contribution is -2.51. The van der Waals surface area contributed by atoms with Crippen molar-refractivity contribution in [2.45, 2.75) is 45.4 Å². The molecule has 3 rings (SSSR count). The number of nitrogens with zero attached hydrogens (tertiary/aromatic N) is 1. The van der Waals surface area contributed by atoms with E-state index >= 15 is 0 Å². The fraction of sp³-hybridized carbons (Fsp3) is 0.619. The topological polar surface area (TPSA) is 49.4 Å². The Morgan fingerprint density at radius 3 is 2.64 bits per heavy atom. The van der Waals surface area contributed by atoms with Crippen molar-refractivity contribution < 1.29 is 9.59 Å². The quantitative estimate of drug-likeness (QED) is 0.895. The maximum absolute atomic E-state index is 13.0. The fourth-order valence-electron chi connectivity index (χ4n) is 4.11. The van der Waals surface area contributed by atoms with Gasteiger partial charge >= 0.3 is 0 Å². The molecule has 2 heterocycles. The second kappa shape index (κ2) is 8.13. The van der Waals surface area contributed by atoms with Gasteiger partial charge in [-0.05, 0) is 50.8 Å². The van der Waals surface area contributed by atoms with Crippen molar-refractivity contribution in [3.05, 3.63) is 35.9 Å². The summed E-state index contributed by atoms with van der Waals surface area (Å²) < 4.78 is 0. The van der Waals surface area contributed by atoms with Gasteiger partial charge in [-0.25, -0.2) is 0 Å². The number of carbonyl (C=O) groups excluding carboxylic acids is 2. The fourth-order valence-corrected chi connectivity index (χ4v) is 4.11. The number of hydrogen-bond donors (Lipinski definition) is 1. The van der Waals surface area contributed by atoms with Crippen LogP contribution in [0.3, 0.4) is 0 Å². The van der Waals surface area contributed by atoms with Crippen LogP contribution in [0.5, 0.6) is 0 Å². The Balaban J connectivity index is 1.55. The minimum atomic E-state index is -0.250. The summed E-state index contributed by atoms with van der Waals surface area (Å²) in [7, 11) is 0. The molecule has 0 bridgehead atoms. The molecule has 1 aromatic rings. The van der Waals surface area contributed by atoms with Gasteiger partial charge in [0.15, 0.2) is 0 Å². The molecule has 0 aliphatic carbocycles. The van der Waals surface area contributed by atoms with Gasteiger partial charge in [-0.15, -0.1) is 0 Å². The summed E-state index contributed by atoms with van der Waals surface area (Å²) in [6, 6.07) is 10.2. The lowest BCUT2D eigenvalue weighted by molar-refractivity contribution is -0.145. The van der Waals surface area contributed by atoms with Gasteiger partial charge in [0.25, 0.3) is 0 Å². The van der Waals surface area contributed by atoms with E-state index in [1.807, 2.05) is 23.1 Å². The van der Waals surface area contributed by atoms with Gasteiger partial charge in [0.2, 0.25) is 5.91 Å². The van der Waals surface area contributed by atoms with Gasteiger partial charge in [-0.2, -0.15) is 0 Å². The highest BCUT2D eigenvalue weighted by atomic mass is 16.2. The van der Waals surface area contributed by atoms with Crippen LogP contribution < -0.4 is 5.32 Å². The maximum Gasteiger partial charge on any atom is 0.228 e. The Kier molecular flexibility index (Phi) is 5.89. The average Bonchev–Trinajstić information content (AvgIpc) is 2.67. The Morgan fingerprint density at radius 1 is 1.20 bits per heavy atom. The van der Waals surface area contributed by atoms with Crippen molar-refractivity contribution in [1.82, 2.24) is 10.2 Å².